The van der Waals surface area contributed by atoms with E-state index in [1.807, 2.05) is 85.8 Å². The van der Waals surface area contributed by atoms with Crippen molar-refractivity contribution in [1.82, 2.24) is 4.90 Å². The topological polar surface area (TPSA) is 108 Å². The van der Waals surface area contributed by atoms with Gasteiger partial charge in [0.2, 0.25) is 0 Å². The number of morpholine rings is 1. The summed E-state index contributed by atoms with van der Waals surface area (Å²) in [6.07, 6.45) is 0. The fourth-order valence-electron chi connectivity index (χ4n) is 5.72. The number of sulfone groups is 1. The standard InChI is InChI=1S/C36H38N4O5S/c1-26-2-5-30(36(42)38-32-12-14-33(15-13-32)40-16-20-45-21-17-40)24-34(26)28-8-10-31(11-9-28)37-35(41)29-6-3-27(4-7-29)25-39-18-22-46(43,44)23-19-39/h2-15,24H,16-23,25H2,1H3,(H,37,41)(H,38,42). The van der Waals surface area contributed by atoms with Crippen LogP contribution < -0.4 is 15.5 Å². The molecule has 0 bridgehead atoms. The number of hydrogen-bond acceptors (Lipinski definition) is 7. The maximum atomic E-state index is 13.1. The first-order chi connectivity index (χ1) is 22.2. The van der Waals surface area contributed by atoms with E-state index in [9.17, 15) is 18.0 Å². The molecule has 0 radical (unpaired) electrons. The molecule has 9 nitrogen and oxygen atoms in total. The van der Waals surface area contributed by atoms with Crippen molar-refractivity contribution in [1.29, 1.82) is 0 Å². The number of anilines is 3. The fourth-order valence-corrected chi connectivity index (χ4v) is 7.00. The predicted octanol–water partition coefficient (Wildman–Crippen LogP) is 5.23. The third kappa shape index (κ3) is 7.82. The average molecular weight is 639 g/mol. The van der Waals surface area contributed by atoms with Crippen LogP contribution >= 0.6 is 0 Å². The zero-order valence-corrected chi connectivity index (χ0v) is 26.7. The van der Waals surface area contributed by atoms with Gasteiger partial charge < -0.3 is 20.3 Å². The molecule has 0 unspecified atom stereocenters. The van der Waals surface area contributed by atoms with Crippen LogP contribution in [0.25, 0.3) is 11.1 Å². The highest BCUT2D eigenvalue weighted by molar-refractivity contribution is 7.91. The summed E-state index contributed by atoms with van der Waals surface area (Å²) in [5.74, 6) is -0.00854. The molecule has 6 rings (SSSR count). The van der Waals surface area contributed by atoms with E-state index in [0.29, 0.717) is 36.4 Å². The maximum absolute atomic E-state index is 13.1. The minimum atomic E-state index is -2.91. The largest absolute Gasteiger partial charge is 0.378 e. The Balaban J connectivity index is 1.05. The Morgan fingerprint density at radius 2 is 1.28 bits per heavy atom. The second-order valence-corrected chi connectivity index (χ2v) is 14.1. The van der Waals surface area contributed by atoms with E-state index in [0.717, 1.165) is 59.9 Å². The van der Waals surface area contributed by atoms with Gasteiger partial charge >= 0.3 is 0 Å². The number of hydrogen-bond donors (Lipinski definition) is 2. The monoisotopic (exact) mass is 638 g/mol. The number of nitrogens with zero attached hydrogens (tertiary/aromatic N) is 2. The van der Waals surface area contributed by atoms with Crippen molar-refractivity contribution in [2.75, 3.05) is 66.4 Å². The van der Waals surface area contributed by atoms with Gasteiger partial charge in [-0.2, -0.15) is 0 Å². The number of benzene rings is 4. The van der Waals surface area contributed by atoms with Gasteiger partial charge in [-0.05, 0) is 89.8 Å². The number of carbonyl (C=O) groups excluding carboxylic acids is 2. The molecule has 46 heavy (non-hydrogen) atoms. The predicted molar refractivity (Wildman–Crippen MR) is 182 cm³/mol. The van der Waals surface area contributed by atoms with E-state index < -0.39 is 9.84 Å². The Bertz CT molecular complexity index is 1790. The quantitative estimate of drug-likeness (QED) is 0.272. The summed E-state index contributed by atoms with van der Waals surface area (Å²) >= 11 is 0. The smallest absolute Gasteiger partial charge is 0.255 e. The van der Waals surface area contributed by atoms with Crippen molar-refractivity contribution in [3.8, 4) is 11.1 Å². The molecule has 0 aromatic heterocycles. The molecule has 10 heteroatoms. The highest BCUT2D eigenvalue weighted by Gasteiger charge is 2.21. The first-order valence-electron chi connectivity index (χ1n) is 15.5. The zero-order valence-electron chi connectivity index (χ0n) is 25.9. The van der Waals surface area contributed by atoms with Crippen molar-refractivity contribution in [2.24, 2.45) is 0 Å². The fraction of sp³-hybridized carbons (Fsp3) is 0.278. The summed E-state index contributed by atoms with van der Waals surface area (Å²) < 4.78 is 28.8. The van der Waals surface area contributed by atoms with Crippen LogP contribution in [0.5, 0.6) is 0 Å². The molecule has 2 saturated heterocycles. The first kappa shape index (κ1) is 31.5. The van der Waals surface area contributed by atoms with E-state index in [1.165, 1.54) is 0 Å². The number of carbonyl (C=O) groups is 2. The SMILES string of the molecule is Cc1ccc(C(=O)Nc2ccc(N3CCOCC3)cc2)cc1-c1ccc(NC(=O)c2ccc(CN3CCS(=O)(=O)CC3)cc2)cc1. The van der Waals surface area contributed by atoms with E-state index in [1.54, 1.807) is 12.1 Å². The second-order valence-electron chi connectivity index (χ2n) is 11.8. The minimum absolute atomic E-state index is 0.181. The Hall–Kier alpha value is -4.51. The van der Waals surface area contributed by atoms with Gasteiger partial charge in [0.25, 0.3) is 11.8 Å². The van der Waals surface area contributed by atoms with Crippen LogP contribution in [0.15, 0.2) is 91.0 Å². The number of nitrogens with one attached hydrogen (secondary N) is 2. The molecule has 238 valence electrons. The highest BCUT2D eigenvalue weighted by atomic mass is 32.2. The van der Waals surface area contributed by atoms with Crippen LogP contribution in [0.2, 0.25) is 0 Å². The van der Waals surface area contributed by atoms with E-state index in [-0.39, 0.29) is 23.3 Å². The van der Waals surface area contributed by atoms with Gasteiger partial charge in [-0.15, -0.1) is 0 Å². The lowest BCUT2D eigenvalue weighted by Gasteiger charge is -2.28. The van der Waals surface area contributed by atoms with Gasteiger partial charge in [-0.25, -0.2) is 8.42 Å². The van der Waals surface area contributed by atoms with Crippen molar-refractivity contribution in [3.63, 3.8) is 0 Å². The lowest BCUT2D eigenvalue weighted by atomic mass is 9.97. The molecule has 2 heterocycles. The summed E-state index contributed by atoms with van der Waals surface area (Å²) in [7, 11) is -2.91. The molecule has 2 aliphatic rings. The second kappa shape index (κ2) is 13.9. The molecule has 2 fully saturated rings. The highest BCUT2D eigenvalue weighted by Crippen LogP contribution is 2.27. The normalized spacial score (nSPS) is 16.5. The van der Waals surface area contributed by atoms with Crippen LogP contribution in [0.4, 0.5) is 17.1 Å². The van der Waals surface area contributed by atoms with Crippen molar-refractivity contribution in [3.05, 3.63) is 113 Å². The van der Waals surface area contributed by atoms with Gasteiger partial charge in [-0.1, -0.05) is 30.3 Å². The van der Waals surface area contributed by atoms with Crippen LogP contribution in [0.1, 0.15) is 31.8 Å². The lowest BCUT2D eigenvalue weighted by molar-refractivity contribution is 0.101. The van der Waals surface area contributed by atoms with Gasteiger partial charge in [0.1, 0.15) is 0 Å². The Kier molecular flexibility index (Phi) is 9.48. The first-order valence-corrected chi connectivity index (χ1v) is 17.3. The molecular weight excluding hydrogens is 600 g/mol. The van der Waals surface area contributed by atoms with E-state index in [2.05, 4.69) is 20.4 Å². The lowest BCUT2D eigenvalue weighted by Crippen LogP contribution is -2.39. The number of ether oxygens (including phenoxy) is 1. The summed E-state index contributed by atoms with van der Waals surface area (Å²) in [5.41, 5.74) is 7.57. The summed E-state index contributed by atoms with van der Waals surface area (Å²) in [4.78, 5) is 30.5. The molecule has 2 aliphatic heterocycles. The van der Waals surface area contributed by atoms with E-state index >= 15 is 0 Å². The van der Waals surface area contributed by atoms with Crippen LogP contribution in [-0.4, -0.2) is 76.0 Å². The summed E-state index contributed by atoms with van der Waals surface area (Å²) in [6.45, 7) is 6.89. The van der Waals surface area contributed by atoms with E-state index in [4.69, 9.17) is 4.74 Å². The van der Waals surface area contributed by atoms with Crippen LogP contribution in [0, 0.1) is 6.92 Å². The van der Waals surface area contributed by atoms with Crippen molar-refractivity contribution in [2.45, 2.75) is 13.5 Å². The van der Waals surface area contributed by atoms with Gasteiger partial charge in [0.15, 0.2) is 9.84 Å². The Morgan fingerprint density at radius 1 is 0.717 bits per heavy atom. The van der Waals surface area contributed by atoms with Crippen LogP contribution in [-0.2, 0) is 21.1 Å². The Morgan fingerprint density at radius 3 is 1.91 bits per heavy atom. The molecule has 0 spiro atoms. The third-order valence-corrected chi connectivity index (χ3v) is 10.1. The van der Waals surface area contributed by atoms with Crippen molar-refractivity contribution >= 4 is 38.7 Å². The molecule has 4 aromatic carbocycles. The number of amides is 2. The number of rotatable bonds is 8. The minimum Gasteiger partial charge on any atom is -0.378 e. The number of aryl methyl sites for hydroxylation is 1. The maximum Gasteiger partial charge on any atom is 0.255 e. The zero-order chi connectivity index (χ0) is 32.1. The molecule has 0 atom stereocenters. The van der Waals surface area contributed by atoms with Gasteiger partial charge in [0, 0.05) is 60.9 Å². The molecule has 2 N–H and O–H groups in total. The van der Waals surface area contributed by atoms with Gasteiger partial charge in [-0.3, -0.25) is 14.5 Å². The summed E-state index contributed by atoms with van der Waals surface area (Å²) in [6, 6.07) is 28.5. The summed E-state index contributed by atoms with van der Waals surface area (Å²) in [5, 5.41) is 5.96. The van der Waals surface area contributed by atoms with Crippen molar-refractivity contribution < 1.29 is 22.7 Å². The molecule has 0 saturated carbocycles. The molecule has 0 aliphatic carbocycles. The molecule has 4 aromatic rings. The average Bonchev–Trinajstić information content (AvgIpc) is 3.07. The third-order valence-electron chi connectivity index (χ3n) is 8.51. The van der Waals surface area contributed by atoms with Crippen LogP contribution in [0.3, 0.4) is 0 Å². The van der Waals surface area contributed by atoms with Gasteiger partial charge in [0.05, 0.1) is 24.7 Å². The molecular formula is C36H38N4O5S. The Labute approximate surface area is 270 Å². The molecule has 2 amide bonds.